The maximum absolute atomic E-state index is 12.7. The quantitative estimate of drug-likeness (QED) is 0.840. The van der Waals surface area contributed by atoms with Crippen LogP contribution in [0.15, 0.2) is 66.4 Å². The molecule has 6 nitrogen and oxygen atoms in total. The van der Waals surface area contributed by atoms with Crippen LogP contribution in [0.4, 0.5) is 5.82 Å². The molecule has 29 heavy (non-hydrogen) atoms. The summed E-state index contributed by atoms with van der Waals surface area (Å²) in [4.78, 5) is 28.3. The first-order valence-electron chi connectivity index (χ1n) is 9.65. The number of nitrogens with one attached hydrogen (secondary N) is 2. The summed E-state index contributed by atoms with van der Waals surface area (Å²) in [6, 6.07) is 11.7. The van der Waals surface area contributed by atoms with E-state index in [1.807, 2.05) is 61.5 Å². The lowest BCUT2D eigenvalue weighted by molar-refractivity contribution is -0.118. The molecule has 2 aliphatic rings. The van der Waals surface area contributed by atoms with E-state index in [9.17, 15) is 9.59 Å². The Bertz CT molecular complexity index is 998. The Hall–Kier alpha value is -3.25. The van der Waals surface area contributed by atoms with Crippen molar-refractivity contribution in [2.75, 3.05) is 5.32 Å². The van der Waals surface area contributed by atoms with Crippen LogP contribution in [0, 0.1) is 0 Å². The zero-order valence-electron chi connectivity index (χ0n) is 16.4. The number of aromatic nitrogens is 1. The normalized spacial score (nSPS) is 20.7. The summed E-state index contributed by atoms with van der Waals surface area (Å²) in [7, 11) is 0. The number of carbonyl (C=O) groups excluding carboxylic acids is 2. The molecule has 6 heteroatoms. The van der Waals surface area contributed by atoms with Crippen LogP contribution in [0.3, 0.4) is 0 Å². The highest BCUT2D eigenvalue weighted by Gasteiger charge is 2.31. The van der Waals surface area contributed by atoms with Crippen molar-refractivity contribution in [1.29, 1.82) is 0 Å². The first kappa shape index (κ1) is 19.1. The number of hydrogen-bond acceptors (Lipinski definition) is 4. The number of benzene rings is 1. The van der Waals surface area contributed by atoms with Gasteiger partial charge in [0.15, 0.2) is 0 Å². The molecule has 0 saturated carbocycles. The van der Waals surface area contributed by atoms with Gasteiger partial charge < -0.3 is 15.4 Å². The minimum absolute atomic E-state index is 0.0163. The van der Waals surface area contributed by atoms with Crippen LogP contribution in [0.25, 0.3) is 0 Å². The number of rotatable bonds is 4. The number of carbonyl (C=O) groups is 2. The van der Waals surface area contributed by atoms with E-state index in [-0.39, 0.29) is 29.9 Å². The zero-order chi connectivity index (χ0) is 20.4. The maximum Gasteiger partial charge on any atom is 0.251 e. The minimum atomic E-state index is -0.229. The van der Waals surface area contributed by atoms with Gasteiger partial charge in [-0.05, 0) is 30.2 Å². The number of fused-ring (bicyclic) bond motifs is 3. The lowest BCUT2D eigenvalue weighted by Crippen LogP contribution is -2.32. The highest BCUT2D eigenvalue weighted by atomic mass is 16.5. The van der Waals surface area contributed by atoms with Gasteiger partial charge in [0.2, 0.25) is 5.91 Å². The second-order valence-corrected chi connectivity index (χ2v) is 7.34. The van der Waals surface area contributed by atoms with Gasteiger partial charge in [0.05, 0.1) is 18.8 Å². The van der Waals surface area contributed by atoms with Crippen molar-refractivity contribution in [1.82, 2.24) is 10.3 Å². The van der Waals surface area contributed by atoms with E-state index in [1.54, 1.807) is 6.20 Å². The van der Waals surface area contributed by atoms with Gasteiger partial charge in [0.1, 0.15) is 5.82 Å². The molecule has 3 unspecified atom stereocenters. The minimum Gasteiger partial charge on any atom is -0.368 e. The van der Waals surface area contributed by atoms with Gasteiger partial charge in [0, 0.05) is 30.2 Å². The van der Waals surface area contributed by atoms with Gasteiger partial charge >= 0.3 is 0 Å². The number of pyridine rings is 1. The predicted octanol–water partition coefficient (Wildman–Crippen LogP) is 3.40. The summed E-state index contributed by atoms with van der Waals surface area (Å²) >= 11 is 0. The summed E-state index contributed by atoms with van der Waals surface area (Å²) in [6.45, 7) is 3.84. The third kappa shape index (κ3) is 4.12. The first-order chi connectivity index (χ1) is 14.0. The van der Waals surface area contributed by atoms with Gasteiger partial charge in [-0.2, -0.15) is 0 Å². The molecule has 1 aromatic heterocycles. The van der Waals surface area contributed by atoms with Crippen LogP contribution in [-0.2, 0) is 20.9 Å². The number of amides is 2. The van der Waals surface area contributed by atoms with Crippen molar-refractivity contribution in [2.45, 2.75) is 38.5 Å². The van der Waals surface area contributed by atoms with E-state index < -0.39 is 0 Å². The fourth-order valence-corrected chi connectivity index (χ4v) is 3.71. The van der Waals surface area contributed by atoms with Crippen LogP contribution in [0.5, 0.6) is 0 Å². The van der Waals surface area contributed by atoms with Crippen LogP contribution in [-0.4, -0.2) is 22.9 Å². The smallest absolute Gasteiger partial charge is 0.251 e. The number of nitrogens with zero attached hydrogens (tertiary/aromatic N) is 1. The molecule has 3 atom stereocenters. The summed E-state index contributed by atoms with van der Waals surface area (Å²) in [5, 5.41) is 5.76. The van der Waals surface area contributed by atoms with Crippen molar-refractivity contribution in [2.24, 2.45) is 0 Å². The van der Waals surface area contributed by atoms with Crippen LogP contribution in [0.2, 0.25) is 0 Å². The van der Waals surface area contributed by atoms with Crippen LogP contribution in [0.1, 0.15) is 42.5 Å². The average molecular weight is 389 g/mol. The molecule has 0 radical (unpaired) electrons. The predicted molar refractivity (Wildman–Crippen MR) is 110 cm³/mol. The topological polar surface area (TPSA) is 80.3 Å². The molecular weight excluding hydrogens is 366 g/mol. The molecule has 148 valence electrons. The van der Waals surface area contributed by atoms with E-state index in [0.717, 1.165) is 16.7 Å². The number of ether oxygens (including phenoxy) is 1. The van der Waals surface area contributed by atoms with Gasteiger partial charge in [0.25, 0.3) is 5.91 Å². The molecule has 2 aromatic rings. The maximum atomic E-state index is 12.7. The van der Waals surface area contributed by atoms with E-state index in [4.69, 9.17) is 4.74 Å². The lowest BCUT2D eigenvalue weighted by atomic mass is 9.84. The second kappa shape index (κ2) is 8.01. The molecule has 2 N–H and O–H groups in total. The highest BCUT2D eigenvalue weighted by Crippen LogP contribution is 2.37. The van der Waals surface area contributed by atoms with E-state index in [2.05, 4.69) is 15.6 Å². The second-order valence-electron chi connectivity index (χ2n) is 7.34. The van der Waals surface area contributed by atoms with Gasteiger partial charge in [-0.3, -0.25) is 9.59 Å². The Labute approximate surface area is 169 Å². The van der Waals surface area contributed by atoms with Crippen molar-refractivity contribution in [3.63, 3.8) is 0 Å². The molecule has 0 saturated heterocycles. The summed E-state index contributed by atoms with van der Waals surface area (Å²) in [5.41, 5.74) is 3.70. The molecule has 1 aliphatic carbocycles. The van der Waals surface area contributed by atoms with E-state index in [1.165, 1.54) is 6.92 Å². The Balaban J connectivity index is 1.50. The van der Waals surface area contributed by atoms with Crippen molar-refractivity contribution < 1.29 is 14.3 Å². The molecule has 4 rings (SSSR count). The third-order valence-electron chi connectivity index (χ3n) is 5.21. The average Bonchev–Trinajstić information content (AvgIpc) is 2.73. The Morgan fingerprint density at radius 3 is 2.79 bits per heavy atom. The SMILES string of the molecule is CC(=O)Nc1cc2c(cn1)COC1C=C(C(=O)NC(C)c3ccccc3)C=CC21. The monoisotopic (exact) mass is 389 g/mol. The molecule has 2 amide bonds. The Morgan fingerprint density at radius 2 is 2.03 bits per heavy atom. The molecule has 1 aliphatic heterocycles. The molecular formula is C23H23N3O3. The van der Waals surface area contributed by atoms with Crippen molar-refractivity contribution in [3.8, 4) is 0 Å². The van der Waals surface area contributed by atoms with Gasteiger partial charge in [-0.1, -0.05) is 42.5 Å². The van der Waals surface area contributed by atoms with E-state index >= 15 is 0 Å². The fourth-order valence-electron chi connectivity index (χ4n) is 3.71. The van der Waals surface area contributed by atoms with Crippen molar-refractivity contribution >= 4 is 17.6 Å². The Kier molecular flexibility index (Phi) is 5.27. The fraction of sp³-hybridized carbons (Fsp3) is 0.261. The van der Waals surface area contributed by atoms with Crippen LogP contribution >= 0.6 is 0 Å². The number of anilines is 1. The standard InChI is InChI=1S/C23H23N3O3/c1-14(16-6-4-3-5-7-16)25-23(28)17-8-9-19-20-11-22(26-15(2)27)24-12-18(20)13-29-21(19)10-17/h3-12,14,19,21H,13H2,1-2H3,(H,25,28)(H,24,26,27). The Morgan fingerprint density at radius 1 is 1.24 bits per heavy atom. The molecule has 2 heterocycles. The summed E-state index contributed by atoms with van der Waals surface area (Å²) < 4.78 is 5.96. The van der Waals surface area contributed by atoms with Gasteiger partial charge in [-0.15, -0.1) is 0 Å². The highest BCUT2D eigenvalue weighted by molar-refractivity contribution is 5.97. The summed E-state index contributed by atoms with van der Waals surface area (Å²) in [5.74, 6) is 0.220. The van der Waals surface area contributed by atoms with Crippen LogP contribution < -0.4 is 10.6 Å². The molecule has 0 fully saturated rings. The van der Waals surface area contributed by atoms with E-state index in [0.29, 0.717) is 18.0 Å². The summed E-state index contributed by atoms with van der Waals surface area (Å²) in [6.07, 6.45) is 7.21. The lowest BCUT2D eigenvalue weighted by Gasteiger charge is -2.32. The molecule has 0 spiro atoms. The first-order valence-corrected chi connectivity index (χ1v) is 9.65. The van der Waals surface area contributed by atoms with Gasteiger partial charge in [-0.25, -0.2) is 4.98 Å². The molecule has 1 aromatic carbocycles. The number of hydrogen-bond donors (Lipinski definition) is 2. The molecule has 0 bridgehead atoms. The third-order valence-corrected chi connectivity index (χ3v) is 5.21. The zero-order valence-corrected chi connectivity index (χ0v) is 16.4. The largest absolute Gasteiger partial charge is 0.368 e. The van der Waals surface area contributed by atoms with Crippen molar-refractivity contribution in [3.05, 3.63) is 83.1 Å².